The largest absolute Gasteiger partial charge is 0.459 e. The number of hydrogen-bond acceptors (Lipinski definition) is 9. The molecule has 11 heteroatoms. The first kappa shape index (κ1) is 25.9. The first-order valence-corrected chi connectivity index (χ1v) is 14.6. The van der Waals surface area contributed by atoms with E-state index >= 15 is 0 Å². The molecule has 1 spiro atoms. The Morgan fingerprint density at radius 1 is 1.28 bits per heavy atom. The Balaban J connectivity index is 1.36. The van der Waals surface area contributed by atoms with Gasteiger partial charge in [0.25, 0.3) is 0 Å². The topological polar surface area (TPSA) is 108 Å². The lowest BCUT2D eigenvalue weighted by atomic mass is 9.73. The molecule has 3 aromatic rings. The molecule has 204 valence electrons. The van der Waals surface area contributed by atoms with Crippen LogP contribution >= 0.6 is 11.3 Å². The first-order chi connectivity index (χ1) is 18.9. The zero-order chi connectivity index (χ0) is 27.1. The molecular weight excluding hydrogens is 510 g/mol. The second kappa shape index (κ2) is 10.3. The lowest BCUT2D eigenvalue weighted by Crippen LogP contribution is -2.42. The number of aliphatic imine (C=N–C) groups is 1. The fourth-order valence-electron chi connectivity index (χ4n) is 6.65. The van der Waals surface area contributed by atoms with Crippen molar-refractivity contribution in [1.82, 2.24) is 34.8 Å². The molecule has 3 aromatic heterocycles. The highest BCUT2D eigenvalue weighted by Crippen LogP contribution is 2.52. The number of fused-ring (bicyclic) bond motifs is 4. The summed E-state index contributed by atoms with van der Waals surface area (Å²) in [5, 5.41) is 20.4. The molecule has 0 N–H and O–H groups in total. The summed E-state index contributed by atoms with van der Waals surface area (Å²) in [6.45, 7) is 3.19. The average molecular weight is 546 g/mol. The van der Waals surface area contributed by atoms with Crippen LogP contribution in [0.3, 0.4) is 0 Å². The van der Waals surface area contributed by atoms with Gasteiger partial charge in [-0.2, -0.15) is 10.2 Å². The van der Waals surface area contributed by atoms with Crippen LogP contribution in [-0.4, -0.2) is 80.9 Å². The molecule has 3 aliphatic rings. The van der Waals surface area contributed by atoms with E-state index in [0.717, 1.165) is 79.1 Å². The monoisotopic (exact) mass is 545 g/mol. The van der Waals surface area contributed by atoms with Crippen molar-refractivity contribution in [2.75, 3.05) is 27.7 Å². The van der Waals surface area contributed by atoms with Crippen molar-refractivity contribution in [3.63, 3.8) is 0 Å². The van der Waals surface area contributed by atoms with Crippen LogP contribution in [0, 0.1) is 11.3 Å². The molecule has 10 nitrogen and oxygen atoms in total. The molecule has 6 rings (SSSR count). The summed E-state index contributed by atoms with van der Waals surface area (Å²) in [5.74, 6) is 0. The van der Waals surface area contributed by atoms with E-state index in [4.69, 9.17) is 14.9 Å². The van der Waals surface area contributed by atoms with Crippen LogP contribution in [0.5, 0.6) is 6.01 Å². The predicted molar refractivity (Wildman–Crippen MR) is 151 cm³/mol. The van der Waals surface area contributed by atoms with E-state index in [1.807, 2.05) is 25.1 Å². The molecule has 2 aliphatic heterocycles. The third kappa shape index (κ3) is 4.49. The van der Waals surface area contributed by atoms with Gasteiger partial charge in [-0.3, -0.25) is 4.90 Å². The summed E-state index contributed by atoms with van der Waals surface area (Å²) in [6.07, 6.45) is 11.6. The minimum absolute atomic E-state index is 0.00180. The number of likely N-dealkylation sites (tertiary alicyclic amines) is 1. The van der Waals surface area contributed by atoms with Crippen LogP contribution < -0.4 is 4.74 Å². The molecule has 1 saturated heterocycles. The van der Waals surface area contributed by atoms with Crippen molar-refractivity contribution in [1.29, 1.82) is 5.26 Å². The lowest BCUT2D eigenvalue weighted by molar-refractivity contribution is 0.112. The molecule has 0 amide bonds. The van der Waals surface area contributed by atoms with Crippen molar-refractivity contribution in [3.05, 3.63) is 34.0 Å². The smallest absolute Gasteiger partial charge is 0.317 e. The van der Waals surface area contributed by atoms with Gasteiger partial charge in [0.2, 0.25) is 0 Å². The van der Waals surface area contributed by atoms with E-state index in [1.54, 1.807) is 23.9 Å². The zero-order valence-electron chi connectivity index (χ0n) is 23.1. The summed E-state index contributed by atoms with van der Waals surface area (Å²) in [7, 11) is 6.02. The second-order valence-corrected chi connectivity index (χ2v) is 12.3. The molecule has 39 heavy (non-hydrogen) atoms. The van der Waals surface area contributed by atoms with Crippen molar-refractivity contribution in [2.45, 2.75) is 76.0 Å². The molecule has 5 heterocycles. The van der Waals surface area contributed by atoms with Gasteiger partial charge in [-0.1, -0.05) is 5.21 Å². The number of likely N-dealkylation sites (N-methyl/N-ethyl adjacent to an activating group) is 1. The molecule has 0 aromatic carbocycles. The maximum atomic E-state index is 10.3. The van der Waals surface area contributed by atoms with Gasteiger partial charge in [0, 0.05) is 36.8 Å². The van der Waals surface area contributed by atoms with Gasteiger partial charge < -0.3 is 9.64 Å². The highest BCUT2D eigenvalue weighted by Gasteiger charge is 2.46. The predicted octanol–water partition coefficient (Wildman–Crippen LogP) is 4.17. The molecule has 1 fully saturated rings. The number of hydrogen-bond donors (Lipinski definition) is 0. The highest BCUT2D eigenvalue weighted by atomic mass is 32.1. The quantitative estimate of drug-likeness (QED) is 0.336. The van der Waals surface area contributed by atoms with Gasteiger partial charge in [-0.15, -0.1) is 16.4 Å². The summed E-state index contributed by atoms with van der Waals surface area (Å²) in [4.78, 5) is 19.3. The van der Waals surface area contributed by atoms with E-state index < -0.39 is 0 Å². The van der Waals surface area contributed by atoms with Gasteiger partial charge in [0.15, 0.2) is 0 Å². The highest BCUT2D eigenvalue weighted by molar-refractivity contribution is 7.16. The normalized spacial score (nSPS) is 23.5. The van der Waals surface area contributed by atoms with Crippen LogP contribution in [0.2, 0.25) is 0 Å². The minimum Gasteiger partial charge on any atom is -0.459 e. The maximum Gasteiger partial charge on any atom is 0.317 e. The fourth-order valence-corrected chi connectivity index (χ4v) is 7.87. The third-order valence-electron chi connectivity index (χ3n) is 8.40. The van der Waals surface area contributed by atoms with Crippen LogP contribution in [-0.2, 0) is 18.4 Å². The number of aryl methyl sites for hydroxylation is 1. The second-order valence-electron chi connectivity index (χ2n) is 11.2. The molecule has 1 aliphatic carbocycles. The maximum absolute atomic E-state index is 10.3. The van der Waals surface area contributed by atoms with Crippen LogP contribution in [0.1, 0.15) is 67.1 Å². The summed E-state index contributed by atoms with van der Waals surface area (Å²) >= 11 is 1.64. The number of ether oxygens (including phenoxy) is 1. The van der Waals surface area contributed by atoms with Crippen LogP contribution in [0.4, 0.5) is 5.00 Å². The van der Waals surface area contributed by atoms with Gasteiger partial charge in [-0.25, -0.2) is 14.7 Å². The Kier molecular flexibility index (Phi) is 6.85. The third-order valence-corrected chi connectivity index (χ3v) is 9.56. The molecule has 0 saturated carbocycles. The van der Waals surface area contributed by atoms with E-state index in [2.05, 4.69) is 44.7 Å². The van der Waals surface area contributed by atoms with E-state index in [1.165, 1.54) is 11.3 Å². The Bertz CT molecular complexity index is 1430. The number of aromatic nitrogens is 5. The summed E-state index contributed by atoms with van der Waals surface area (Å²) in [6, 6.07) is 5.12. The molecule has 3 atom stereocenters. The van der Waals surface area contributed by atoms with E-state index in [-0.39, 0.29) is 11.6 Å². The number of thiophene rings is 1. The Morgan fingerprint density at radius 3 is 2.85 bits per heavy atom. The molecule has 0 radical (unpaired) electrons. The Morgan fingerprint density at radius 2 is 2.10 bits per heavy atom. The number of nitrogens with zero attached hydrogens (tertiary/aromatic N) is 9. The van der Waals surface area contributed by atoms with Crippen molar-refractivity contribution in [2.24, 2.45) is 4.99 Å². The first-order valence-electron chi connectivity index (χ1n) is 13.8. The number of nitriles is 1. The Hall–Kier alpha value is -3.36. The average Bonchev–Trinajstić information content (AvgIpc) is 3.65. The van der Waals surface area contributed by atoms with Crippen molar-refractivity contribution < 1.29 is 4.74 Å². The van der Waals surface area contributed by atoms with Gasteiger partial charge in [0.1, 0.15) is 22.9 Å². The summed E-state index contributed by atoms with van der Waals surface area (Å²) in [5.41, 5.74) is 3.97. The van der Waals surface area contributed by atoms with Gasteiger partial charge >= 0.3 is 6.01 Å². The molecular formula is C28H35N9OS. The number of rotatable bonds is 6. The van der Waals surface area contributed by atoms with Crippen molar-refractivity contribution in [3.8, 4) is 23.5 Å². The Labute approximate surface area is 233 Å². The standard InChI is InChI=1S/C28H35N9OS/c1-18(21-9-7-15-36(21)4)38-27-30-14-11-20(32-27)25-22-8-5-12-28(37(22)34-33-25)13-6-10-23-24(28)19(16-29)26(39-23)31-17-35(2)3/h11,14,17-18,21H,5-10,12-13,15H2,1-4H3/t18-,21-,28?/m0/s1. The SMILES string of the molecule is C[C@H](Oc1nccc(-c2nnn3c2CCCC32CCCc3sc(N=CN(C)C)c(C#N)c32)n1)[C@@H]1CCCN1C. The van der Waals surface area contributed by atoms with Crippen molar-refractivity contribution >= 4 is 22.7 Å². The van der Waals surface area contributed by atoms with Gasteiger partial charge in [-0.05, 0) is 77.9 Å². The molecule has 1 unspecified atom stereocenters. The zero-order valence-corrected chi connectivity index (χ0v) is 23.9. The lowest BCUT2D eigenvalue weighted by Gasteiger charge is -2.41. The van der Waals surface area contributed by atoms with Crippen LogP contribution in [0.15, 0.2) is 17.3 Å². The summed E-state index contributed by atoms with van der Waals surface area (Å²) < 4.78 is 8.32. The van der Waals surface area contributed by atoms with Crippen LogP contribution in [0.25, 0.3) is 11.4 Å². The molecule has 0 bridgehead atoms. The van der Waals surface area contributed by atoms with E-state index in [0.29, 0.717) is 17.6 Å². The van der Waals surface area contributed by atoms with Gasteiger partial charge in [0.05, 0.1) is 28.8 Å². The fraction of sp³-hybridized carbons (Fsp3) is 0.571. The van der Waals surface area contributed by atoms with E-state index in [9.17, 15) is 5.26 Å². The minimum atomic E-state index is -0.381.